The van der Waals surface area contributed by atoms with Gasteiger partial charge < -0.3 is 5.73 Å². The Morgan fingerprint density at radius 3 is 2.94 bits per heavy atom. The molecule has 0 spiro atoms. The monoisotopic (exact) mass is 236 g/mol. The van der Waals surface area contributed by atoms with E-state index in [1.165, 1.54) is 6.07 Å². The summed E-state index contributed by atoms with van der Waals surface area (Å²) in [6.45, 7) is 0.570. The summed E-state index contributed by atoms with van der Waals surface area (Å²) < 4.78 is 13.2. The van der Waals surface area contributed by atoms with Crippen LogP contribution >= 0.6 is 11.3 Å². The van der Waals surface area contributed by atoms with Crippen LogP contribution in [0.1, 0.15) is 22.9 Å². The molecule has 2 N–H and O–H groups in total. The van der Waals surface area contributed by atoms with Crippen molar-refractivity contribution in [3.63, 3.8) is 0 Å². The van der Waals surface area contributed by atoms with Gasteiger partial charge in [0.1, 0.15) is 5.82 Å². The van der Waals surface area contributed by atoms with Crippen molar-refractivity contribution in [3.8, 4) is 0 Å². The molecular weight excluding hydrogens is 223 g/mol. The molecule has 0 amide bonds. The average molecular weight is 236 g/mol. The molecule has 4 heteroatoms. The Morgan fingerprint density at radius 1 is 1.44 bits per heavy atom. The van der Waals surface area contributed by atoms with Crippen LogP contribution < -0.4 is 5.73 Å². The van der Waals surface area contributed by atoms with Gasteiger partial charge in [-0.2, -0.15) is 0 Å². The molecule has 1 atom stereocenters. The number of nitrogens with zero attached hydrogens (tertiary/aromatic N) is 1. The topological polar surface area (TPSA) is 38.9 Å². The van der Waals surface area contributed by atoms with Gasteiger partial charge >= 0.3 is 0 Å². The number of rotatable bonds is 4. The first-order valence-electron chi connectivity index (χ1n) is 5.16. The zero-order chi connectivity index (χ0) is 11.4. The average Bonchev–Trinajstić information content (AvgIpc) is 2.79. The summed E-state index contributed by atoms with van der Waals surface area (Å²) in [4.78, 5) is 4.28. The molecule has 0 radical (unpaired) electrons. The molecule has 1 heterocycles. The van der Waals surface area contributed by atoms with Crippen LogP contribution in [0.3, 0.4) is 0 Å². The molecule has 2 nitrogen and oxygen atoms in total. The van der Waals surface area contributed by atoms with Crippen LogP contribution in [0.4, 0.5) is 4.39 Å². The van der Waals surface area contributed by atoms with E-state index in [9.17, 15) is 4.39 Å². The summed E-state index contributed by atoms with van der Waals surface area (Å²) >= 11 is 1.58. The molecule has 0 fully saturated rings. The van der Waals surface area contributed by atoms with Crippen LogP contribution in [0, 0.1) is 5.82 Å². The Kier molecular flexibility index (Phi) is 3.64. The van der Waals surface area contributed by atoms with Crippen molar-refractivity contribution in [2.75, 3.05) is 6.54 Å². The number of hydrogen-bond donors (Lipinski definition) is 1. The van der Waals surface area contributed by atoms with Gasteiger partial charge in [0.05, 0.1) is 5.01 Å². The molecule has 0 aliphatic carbocycles. The highest BCUT2D eigenvalue weighted by atomic mass is 32.1. The Labute approximate surface area is 97.9 Å². The number of halogens is 1. The third kappa shape index (κ3) is 2.46. The molecule has 1 aromatic heterocycles. The summed E-state index contributed by atoms with van der Waals surface area (Å²) in [6, 6.07) is 6.65. The molecule has 0 saturated heterocycles. The lowest BCUT2D eigenvalue weighted by molar-refractivity contribution is 0.620. The predicted molar refractivity (Wildman–Crippen MR) is 64.0 cm³/mol. The van der Waals surface area contributed by atoms with Gasteiger partial charge in [-0.3, -0.25) is 0 Å². The van der Waals surface area contributed by atoms with E-state index in [-0.39, 0.29) is 11.7 Å². The summed E-state index contributed by atoms with van der Waals surface area (Å²) in [6.07, 6.45) is 2.56. The second-order valence-electron chi connectivity index (χ2n) is 3.56. The summed E-state index contributed by atoms with van der Waals surface area (Å²) in [5.74, 6) is -0.100. The van der Waals surface area contributed by atoms with Crippen LogP contribution in [0.15, 0.2) is 35.8 Å². The molecule has 0 aliphatic rings. The highest BCUT2D eigenvalue weighted by Gasteiger charge is 2.16. The maximum atomic E-state index is 13.2. The minimum absolute atomic E-state index is 0.112. The zero-order valence-corrected chi connectivity index (χ0v) is 9.58. The Morgan fingerprint density at radius 2 is 2.31 bits per heavy atom. The van der Waals surface area contributed by atoms with E-state index < -0.39 is 0 Å². The first-order chi connectivity index (χ1) is 7.81. The largest absolute Gasteiger partial charge is 0.330 e. The fourth-order valence-electron chi connectivity index (χ4n) is 1.73. The molecular formula is C12H13FN2S. The van der Waals surface area contributed by atoms with Crippen molar-refractivity contribution in [2.24, 2.45) is 5.73 Å². The minimum atomic E-state index is -0.212. The number of benzene rings is 1. The molecule has 0 bridgehead atoms. The maximum Gasteiger partial charge on any atom is 0.123 e. The van der Waals surface area contributed by atoms with Gasteiger partial charge in [0.15, 0.2) is 0 Å². The van der Waals surface area contributed by atoms with Crippen molar-refractivity contribution in [1.29, 1.82) is 0 Å². The van der Waals surface area contributed by atoms with Crippen molar-refractivity contribution in [1.82, 2.24) is 4.98 Å². The number of thiazole rings is 1. The lowest BCUT2D eigenvalue weighted by Gasteiger charge is -2.13. The number of nitrogens with two attached hydrogens (primary N) is 1. The van der Waals surface area contributed by atoms with Crippen LogP contribution in [0.2, 0.25) is 0 Å². The Balaban J connectivity index is 2.33. The molecule has 0 saturated carbocycles. The van der Waals surface area contributed by atoms with Gasteiger partial charge in [-0.1, -0.05) is 12.1 Å². The third-order valence-corrected chi connectivity index (χ3v) is 3.35. The second kappa shape index (κ2) is 5.18. The van der Waals surface area contributed by atoms with E-state index in [0.717, 1.165) is 17.0 Å². The van der Waals surface area contributed by atoms with E-state index in [4.69, 9.17) is 5.73 Å². The van der Waals surface area contributed by atoms with Gasteiger partial charge in [-0.25, -0.2) is 9.37 Å². The van der Waals surface area contributed by atoms with E-state index >= 15 is 0 Å². The molecule has 2 rings (SSSR count). The van der Waals surface area contributed by atoms with Crippen molar-refractivity contribution < 1.29 is 4.39 Å². The normalized spacial score (nSPS) is 12.6. The van der Waals surface area contributed by atoms with Crippen LogP contribution in [-0.2, 0) is 0 Å². The van der Waals surface area contributed by atoms with Crippen molar-refractivity contribution in [3.05, 3.63) is 52.2 Å². The van der Waals surface area contributed by atoms with Crippen LogP contribution in [-0.4, -0.2) is 11.5 Å². The lowest BCUT2D eigenvalue weighted by Crippen LogP contribution is -2.08. The molecule has 1 aromatic carbocycles. The van der Waals surface area contributed by atoms with Gasteiger partial charge in [-0.15, -0.1) is 11.3 Å². The molecule has 2 aromatic rings. The van der Waals surface area contributed by atoms with Gasteiger partial charge in [0, 0.05) is 17.5 Å². The Hall–Kier alpha value is -1.26. The smallest absolute Gasteiger partial charge is 0.123 e. The molecule has 16 heavy (non-hydrogen) atoms. The summed E-state index contributed by atoms with van der Waals surface area (Å²) in [5.41, 5.74) is 6.54. The van der Waals surface area contributed by atoms with Gasteiger partial charge in [-0.05, 0) is 30.7 Å². The fraction of sp³-hybridized carbons (Fsp3) is 0.250. The van der Waals surface area contributed by atoms with E-state index in [1.54, 1.807) is 29.7 Å². The number of aromatic nitrogens is 1. The lowest BCUT2D eigenvalue weighted by atomic mass is 9.96. The number of hydrogen-bond acceptors (Lipinski definition) is 3. The first kappa shape index (κ1) is 11.2. The fourth-order valence-corrected chi connectivity index (χ4v) is 2.53. The van der Waals surface area contributed by atoms with E-state index in [0.29, 0.717) is 6.54 Å². The molecule has 84 valence electrons. The van der Waals surface area contributed by atoms with Gasteiger partial charge in [0.2, 0.25) is 0 Å². The van der Waals surface area contributed by atoms with E-state index in [2.05, 4.69) is 4.98 Å². The summed E-state index contributed by atoms with van der Waals surface area (Å²) in [5, 5.41) is 2.93. The standard InChI is InChI=1S/C12H13FN2S/c13-10-3-1-2-9(8-10)11(4-5-14)12-15-6-7-16-12/h1-3,6-8,11H,4-5,14H2. The highest BCUT2D eigenvalue weighted by Crippen LogP contribution is 2.29. The van der Waals surface area contributed by atoms with Crippen molar-refractivity contribution >= 4 is 11.3 Å². The van der Waals surface area contributed by atoms with E-state index in [1.807, 2.05) is 11.4 Å². The second-order valence-corrected chi connectivity index (χ2v) is 4.48. The SMILES string of the molecule is NCCC(c1cccc(F)c1)c1nccs1. The Bertz CT molecular complexity index is 442. The summed E-state index contributed by atoms with van der Waals surface area (Å²) in [7, 11) is 0. The first-order valence-corrected chi connectivity index (χ1v) is 6.04. The third-order valence-electron chi connectivity index (χ3n) is 2.46. The minimum Gasteiger partial charge on any atom is -0.330 e. The van der Waals surface area contributed by atoms with Crippen molar-refractivity contribution in [2.45, 2.75) is 12.3 Å². The van der Waals surface area contributed by atoms with Gasteiger partial charge in [0.25, 0.3) is 0 Å². The quantitative estimate of drug-likeness (QED) is 0.886. The van der Waals surface area contributed by atoms with Crippen LogP contribution in [0.25, 0.3) is 0 Å². The molecule has 0 aliphatic heterocycles. The predicted octanol–water partition coefficient (Wildman–Crippen LogP) is 2.76. The highest BCUT2D eigenvalue weighted by molar-refractivity contribution is 7.09. The zero-order valence-electron chi connectivity index (χ0n) is 8.77. The molecule has 1 unspecified atom stereocenters. The van der Waals surface area contributed by atoms with Crippen LogP contribution in [0.5, 0.6) is 0 Å². The maximum absolute atomic E-state index is 13.2.